The number of pyridine rings is 1. The Balaban J connectivity index is 1.84. The van der Waals surface area contributed by atoms with E-state index in [2.05, 4.69) is 11.4 Å². The Kier molecular flexibility index (Phi) is 5.33. The van der Waals surface area contributed by atoms with Gasteiger partial charge >= 0.3 is 0 Å². The van der Waals surface area contributed by atoms with E-state index in [9.17, 15) is 9.59 Å². The summed E-state index contributed by atoms with van der Waals surface area (Å²) in [5.74, 6) is -0.846. The molecule has 0 saturated heterocycles. The van der Waals surface area contributed by atoms with Crippen LogP contribution in [0.1, 0.15) is 42.3 Å². The van der Waals surface area contributed by atoms with Gasteiger partial charge in [0.1, 0.15) is 5.00 Å². The van der Waals surface area contributed by atoms with Crippen molar-refractivity contribution in [3.63, 3.8) is 0 Å². The molecule has 6 heteroatoms. The minimum atomic E-state index is -0.548. The average Bonchev–Trinajstić information content (AvgIpc) is 3.00. The molecule has 3 N–H and O–H groups in total. The summed E-state index contributed by atoms with van der Waals surface area (Å²) in [6.45, 7) is 7.82. The molecule has 0 aliphatic rings. The molecular weight excluding hydrogens is 406 g/mol. The smallest absolute Gasteiger partial charge is 0.257 e. The Morgan fingerprint density at radius 1 is 1.00 bits per heavy atom. The summed E-state index contributed by atoms with van der Waals surface area (Å²) >= 11 is 1.35. The van der Waals surface area contributed by atoms with Crippen molar-refractivity contribution in [1.82, 2.24) is 4.98 Å². The molecule has 2 heterocycles. The van der Waals surface area contributed by atoms with Crippen LogP contribution in [0.2, 0.25) is 0 Å². The highest BCUT2D eigenvalue weighted by Crippen LogP contribution is 2.33. The van der Waals surface area contributed by atoms with E-state index in [1.807, 2.05) is 70.2 Å². The number of fused-ring (bicyclic) bond motifs is 1. The molecule has 0 atom stereocenters. The fourth-order valence-corrected chi connectivity index (χ4v) is 4.85. The van der Waals surface area contributed by atoms with Crippen molar-refractivity contribution >= 4 is 39.1 Å². The topological polar surface area (TPSA) is 85.1 Å². The number of carbonyl (C=O) groups is 2. The Hall–Kier alpha value is -3.51. The number of nitrogens with zero attached hydrogens (tertiary/aromatic N) is 1. The van der Waals surface area contributed by atoms with Gasteiger partial charge in [0.2, 0.25) is 0 Å². The Bertz CT molecular complexity index is 1350. The zero-order chi connectivity index (χ0) is 22.3. The van der Waals surface area contributed by atoms with Crippen LogP contribution in [0.25, 0.3) is 22.2 Å². The first-order valence-corrected chi connectivity index (χ1v) is 10.8. The van der Waals surface area contributed by atoms with Crippen molar-refractivity contribution in [3.05, 3.63) is 81.2 Å². The number of thiophene rings is 1. The maximum absolute atomic E-state index is 13.4. The van der Waals surface area contributed by atoms with Crippen molar-refractivity contribution in [2.75, 3.05) is 5.32 Å². The lowest BCUT2D eigenvalue weighted by Gasteiger charge is -2.12. The molecule has 0 unspecified atom stereocenters. The second kappa shape index (κ2) is 7.96. The van der Waals surface area contributed by atoms with Crippen LogP contribution < -0.4 is 11.1 Å². The zero-order valence-electron chi connectivity index (χ0n) is 17.9. The number of benzene rings is 2. The zero-order valence-corrected chi connectivity index (χ0v) is 18.7. The van der Waals surface area contributed by atoms with E-state index in [0.29, 0.717) is 16.1 Å². The molecule has 2 amide bonds. The van der Waals surface area contributed by atoms with Crippen LogP contribution in [0.5, 0.6) is 0 Å². The summed E-state index contributed by atoms with van der Waals surface area (Å²) in [6, 6.07) is 15.5. The van der Waals surface area contributed by atoms with Crippen molar-refractivity contribution < 1.29 is 9.59 Å². The third-order valence-corrected chi connectivity index (χ3v) is 6.60. The van der Waals surface area contributed by atoms with Crippen molar-refractivity contribution in [2.45, 2.75) is 27.7 Å². The van der Waals surface area contributed by atoms with Gasteiger partial charge in [-0.15, -0.1) is 11.3 Å². The minimum Gasteiger partial charge on any atom is -0.365 e. The van der Waals surface area contributed by atoms with Crippen LogP contribution >= 0.6 is 11.3 Å². The lowest BCUT2D eigenvalue weighted by molar-refractivity contribution is 0.100. The first kappa shape index (κ1) is 20.8. The summed E-state index contributed by atoms with van der Waals surface area (Å²) in [5.41, 5.74) is 11.9. The van der Waals surface area contributed by atoms with Gasteiger partial charge in [-0.3, -0.25) is 9.59 Å². The van der Waals surface area contributed by atoms with Crippen LogP contribution in [-0.4, -0.2) is 16.8 Å². The molecule has 156 valence electrons. The lowest BCUT2D eigenvalue weighted by atomic mass is 9.99. The maximum atomic E-state index is 13.4. The summed E-state index contributed by atoms with van der Waals surface area (Å²) < 4.78 is 0. The summed E-state index contributed by atoms with van der Waals surface area (Å²) in [5, 5.41) is 4.14. The van der Waals surface area contributed by atoms with Crippen LogP contribution in [-0.2, 0) is 0 Å². The highest BCUT2D eigenvalue weighted by molar-refractivity contribution is 7.16. The number of hydrogen-bond acceptors (Lipinski definition) is 4. The SMILES string of the molecule is Cc1ccc(-c2cc(C(=O)Nc3sc(C)c(C)c3C(N)=O)c3ccccc3n2)c(C)c1. The number of amides is 2. The second-order valence-electron chi connectivity index (χ2n) is 7.70. The first-order valence-electron chi connectivity index (χ1n) is 9.95. The highest BCUT2D eigenvalue weighted by atomic mass is 32.1. The molecule has 0 fully saturated rings. The van der Waals surface area contributed by atoms with Crippen LogP contribution in [0.4, 0.5) is 5.00 Å². The van der Waals surface area contributed by atoms with Gasteiger partial charge in [0, 0.05) is 15.8 Å². The van der Waals surface area contributed by atoms with E-state index in [0.717, 1.165) is 38.2 Å². The van der Waals surface area contributed by atoms with Gasteiger partial charge in [0.25, 0.3) is 11.8 Å². The van der Waals surface area contributed by atoms with Gasteiger partial charge in [0.15, 0.2) is 0 Å². The van der Waals surface area contributed by atoms with Crippen molar-refractivity contribution in [1.29, 1.82) is 0 Å². The van der Waals surface area contributed by atoms with E-state index < -0.39 is 5.91 Å². The predicted molar refractivity (Wildman–Crippen MR) is 127 cm³/mol. The highest BCUT2D eigenvalue weighted by Gasteiger charge is 2.21. The molecular formula is C25H23N3O2S. The minimum absolute atomic E-state index is 0.298. The number of nitrogens with one attached hydrogen (secondary N) is 1. The number of aromatic nitrogens is 1. The molecule has 0 spiro atoms. The molecule has 4 rings (SSSR count). The third kappa shape index (κ3) is 3.82. The molecule has 0 aliphatic heterocycles. The fourth-order valence-electron chi connectivity index (χ4n) is 3.78. The monoisotopic (exact) mass is 429 g/mol. The normalized spacial score (nSPS) is 11.0. The number of primary amides is 1. The number of anilines is 1. The first-order chi connectivity index (χ1) is 14.8. The molecule has 0 bridgehead atoms. The molecule has 0 radical (unpaired) electrons. The van der Waals surface area contributed by atoms with Crippen molar-refractivity contribution in [2.24, 2.45) is 5.73 Å². The summed E-state index contributed by atoms with van der Waals surface area (Å²) in [4.78, 5) is 31.1. The van der Waals surface area contributed by atoms with Gasteiger partial charge in [-0.25, -0.2) is 4.98 Å². The molecule has 2 aromatic heterocycles. The van der Waals surface area contributed by atoms with E-state index in [1.165, 1.54) is 16.9 Å². The summed E-state index contributed by atoms with van der Waals surface area (Å²) in [7, 11) is 0. The van der Waals surface area contributed by atoms with Crippen LogP contribution in [0.3, 0.4) is 0 Å². The van der Waals surface area contributed by atoms with Gasteiger partial charge in [-0.2, -0.15) is 0 Å². The standard InChI is InChI=1S/C25H23N3O2S/c1-13-9-10-17(14(2)11-13)21-12-19(18-7-5-6-8-20(18)27-21)24(30)28-25-22(23(26)29)15(3)16(4)31-25/h5-12H,1-4H3,(H2,26,29)(H,28,30). The quantitative estimate of drug-likeness (QED) is 0.446. The number of rotatable bonds is 4. The Morgan fingerprint density at radius 2 is 1.74 bits per heavy atom. The fraction of sp³-hybridized carbons (Fsp3) is 0.160. The predicted octanol–water partition coefficient (Wildman–Crippen LogP) is 5.55. The maximum Gasteiger partial charge on any atom is 0.257 e. The number of nitrogens with two attached hydrogens (primary N) is 1. The van der Waals surface area contributed by atoms with E-state index >= 15 is 0 Å². The Morgan fingerprint density at radius 3 is 2.45 bits per heavy atom. The summed E-state index contributed by atoms with van der Waals surface area (Å²) in [6.07, 6.45) is 0. The van der Waals surface area contributed by atoms with Gasteiger partial charge in [-0.05, 0) is 51.0 Å². The molecule has 0 aliphatic carbocycles. The largest absolute Gasteiger partial charge is 0.365 e. The van der Waals surface area contributed by atoms with Crippen molar-refractivity contribution in [3.8, 4) is 11.3 Å². The number of carbonyl (C=O) groups excluding carboxylic acids is 2. The number of aryl methyl sites for hydroxylation is 3. The molecule has 5 nitrogen and oxygen atoms in total. The number of para-hydroxylation sites is 1. The average molecular weight is 430 g/mol. The third-order valence-electron chi connectivity index (χ3n) is 5.48. The van der Waals surface area contributed by atoms with Gasteiger partial charge in [-0.1, -0.05) is 42.0 Å². The van der Waals surface area contributed by atoms with E-state index in [-0.39, 0.29) is 5.91 Å². The van der Waals surface area contributed by atoms with Crippen LogP contribution in [0, 0.1) is 27.7 Å². The lowest BCUT2D eigenvalue weighted by Crippen LogP contribution is -2.18. The molecule has 2 aromatic carbocycles. The number of hydrogen-bond donors (Lipinski definition) is 2. The van der Waals surface area contributed by atoms with E-state index in [1.54, 1.807) is 0 Å². The van der Waals surface area contributed by atoms with Crippen LogP contribution in [0.15, 0.2) is 48.5 Å². The molecule has 31 heavy (non-hydrogen) atoms. The second-order valence-corrected chi connectivity index (χ2v) is 8.92. The van der Waals surface area contributed by atoms with E-state index in [4.69, 9.17) is 10.7 Å². The van der Waals surface area contributed by atoms with Gasteiger partial charge in [0.05, 0.1) is 22.3 Å². The van der Waals surface area contributed by atoms with Gasteiger partial charge < -0.3 is 11.1 Å². The molecule has 0 saturated carbocycles. The molecule has 4 aromatic rings. The Labute approximate surface area is 184 Å².